The maximum atomic E-state index is 11.6. The molecule has 0 radical (unpaired) electrons. The smallest absolute Gasteiger partial charge is 0.253 e. The van der Waals surface area contributed by atoms with Crippen LogP contribution in [0, 0.1) is 0 Å². The van der Waals surface area contributed by atoms with E-state index in [-0.39, 0.29) is 64.3 Å². The molecule has 0 aliphatic carbocycles. The molecular formula is C15H21N3O7. The van der Waals surface area contributed by atoms with Gasteiger partial charge in [-0.1, -0.05) is 0 Å². The average Bonchev–Trinajstić information content (AvgIpc) is 2.91. The third-order valence-corrected chi connectivity index (χ3v) is 3.02. The summed E-state index contributed by atoms with van der Waals surface area (Å²) in [6, 6.07) is 0. The Labute approximate surface area is 144 Å². The van der Waals surface area contributed by atoms with E-state index >= 15 is 0 Å². The molecule has 25 heavy (non-hydrogen) atoms. The fourth-order valence-corrected chi connectivity index (χ4v) is 1.81. The van der Waals surface area contributed by atoms with Crippen molar-refractivity contribution in [2.75, 3.05) is 46.1 Å². The van der Waals surface area contributed by atoms with Gasteiger partial charge in [0.15, 0.2) is 0 Å². The van der Waals surface area contributed by atoms with Crippen molar-refractivity contribution in [3.05, 3.63) is 12.2 Å². The third-order valence-electron chi connectivity index (χ3n) is 3.02. The molecule has 1 heterocycles. The zero-order valence-electron chi connectivity index (χ0n) is 13.7. The lowest BCUT2D eigenvalue weighted by atomic mass is 10.3. The maximum absolute atomic E-state index is 11.6. The molecule has 0 unspecified atom stereocenters. The Kier molecular flexibility index (Phi) is 9.71. The number of hydrogen-bond donors (Lipinski definition) is 2. The lowest BCUT2D eigenvalue weighted by molar-refractivity contribution is -0.137. The highest BCUT2D eigenvalue weighted by Crippen LogP contribution is 2.03. The number of ether oxygens (including phenoxy) is 2. The monoisotopic (exact) mass is 355 g/mol. The molecule has 0 bridgehead atoms. The number of nitrogens with one attached hydrogen (secondary N) is 2. The zero-order valence-corrected chi connectivity index (χ0v) is 13.7. The first-order valence-corrected chi connectivity index (χ1v) is 7.70. The number of carbonyl (C=O) groups excluding carboxylic acids is 5. The molecule has 0 fully saturated rings. The number of nitrogens with zero attached hydrogens (tertiary/aromatic N) is 1. The molecule has 1 aliphatic heterocycles. The number of imide groups is 1. The Bertz CT molecular complexity index is 515. The van der Waals surface area contributed by atoms with Crippen LogP contribution in [-0.4, -0.2) is 80.9 Å². The van der Waals surface area contributed by atoms with E-state index in [1.807, 2.05) is 0 Å². The molecule has 1 rings (SSSR count). The van der Waals surface area contributed by atoms with Crippen molar-refractivity contribution in [1.29, 1.82) is 0 Å². The van der Waals surface area contributed by atoms with Gasteiger partial charge in [-0.25, -0.2) is 0 Å². The second kappa shape index (κ2) is 11.9. The first-order valence-electron chi connectivity index (χ1n) is 7.70. The van der Waals surface area contributed by atoms with Crippen molar-refractivity contribution in [2.45, 2.75) is 6.42 Å². The molecule has 138 valence electrons. The van der Waals surface area contributed by atoms with Gasteiger partial charge < -0.3 is 24.9 Å². The average molecular weight is 355 g/mol. The van der Waals surface area contributed by atoms with Crippen molar-refractivity contribution < 1.29 is 33.4 Å². The fourth-order valence-electron chi connectivity index (χ4n) is 1.81. The molecule has 0 aromatic rings. The summed E-state index contributed by atoms with van der Waals surface area (Å²) in [6.45, 7) is 0.825. The molecule has 0 atom stereocenters. The number of hydrogen-bond acceptors (Lipinski definition) is 7. The van der Waals surface area contributed by atoms with Gasteiger partial charge in [0, 0.05) is 31.7 Å². The van der Waals surface area contributed by atoms with Gasteiger partial charge in [-0.2, -0.15) is 0 Å². The van der Waals surface area contributed by atoms with Gasteiger partial charge in [0.25, 0.3) is 11.8 Å². The van der Waals surface area contributed by atoms with Crippen LogP contribution >= 0.6 is 0 Å². The SMILES string of the molecule is O=CCNC(=O)COCCOCCNC(=O)CCN1C(=O)C=CC1=O. The number of aldehydes is 1. The summed E-state index contributed by atoms with van der Waals surface area (Å²) in [5.74, 6) is -1.51. The van der Waals surface area contributed by atoms with E-state index in [4.69, 9.17) is 9.47 Å². The first-order chi connectivity index (χ1) is 12.0. The van der Waals surface area contributed by atoms with Crippen LogP contribution in [0.15, 0.2) is 12.2 Å². The van der Waals surface area contributed by atoms with E-state index in [9.17, 15) is 24.0 Å². The van der Waals surface area contributed by atoms with Crippen LogP contribution < -0.4 is 10.6 Å². The van der Waals surface area contributed by atoms with Crippen molar-refractivity contribution in [1.82, 2.24) is 15.5 Å². The predicted octanol–water partition coefficient (Wildman–Crippen LogP) is -2.23. The third kappa shape index (κ3) is 8.72. The Morgan fingerprint density at radius 2 is 1.68 bits per heavy atom. The van der Waals surface area contributed by atoms with E-state index in [1.165, 1.54) is 12.2 Å². The molecule has 0 saturated heterocycles. The van der Waals surface area contributed by atoms with Gasteiger partial charge in [-0.05, 0) is 0 Å². The summed E-state index contributed by atoms with van der Waals surface area (Å²) in [7, 11) is 0. The summed E-state index contributed by atoms with van der Waals surface area (Å²) in [4.78, 5) is 56.3. The minimum atomic E-state index is -0.416. The summed E-state index contributed by atoms with van der Waals surface area (Å²) < 4.78 is 10.2. The van der Waals surface area contributed by atoms with E-state index in [0.717, 1.165) is 4.90 Å². The van der Waals surface area contributed by atoms with E-state index in [0.29, 0.717) is 6.29 Å². The normalized spacial score (nSPS) is 13.2. The van der Waals surface area contributed by atoms with E-state index < -0.39 is 11.8 Å². The largest absolute Gasteiger partial charge is 0.377 e. The molecular weight excluding hydrogens is 334 g/mol. The Morgan fingerprint density at radius 3 is 2.36 bits per heavy atom. The van der Waals surface area contributed by atoms with Crippen molar-refractivity contribution in [2.24, 2.45) is 0 Å². The molecule has 4 amide bonds. The van der Waals surface area contributed by atoms with Crippen LogP contribution in [0.1, 0.15) is 6.42 Å². The lowest BCUT2D eigenvalue weighted by Gasteiger charge is -2.13. The minimum Gasteiger partial charge on any atom is -0.377 e. The van der Waals surface area contributed by atoms with Crippen LogP contribution in [-0.2, 0) is 33.4 Å². The predicted molar refractivity (Wildman–Crippen MR) is 84.2 cm³/mol. The first kappa shape index (κ1) is 20.5. The quantitative estimate of drug-likeness (QED) is 0.217. The van der Waals surface area contributed by atoms with Gasteiger partial charge >= 0.3 is 0 Å². The molecule has 10 heteroatoms. The number of amides is 4. The zero-order chi connectivity index (χ0) is 18.5. The summed E-state index contributed by atoms with van der Waals surface area (Å²) in [6.07, 6.45) is 2.94. The molecule has 2 N–H and O–H groups in total. The van der Waals surface area contributed by atoms with Crippen LogP contribution in [0.3, 0.4) is 0 Å². The maximum Gasteiger partial charge on any atom is 0.253 e. The molecule has 0 aromatic carbocycles. The van der Waals surface area contributed by atoms with Gasteiger partial charge in [0.05, 0.1) is 26.4 Å². The van der Waals surface area contributed by atoms with Crippen LogP contribution in [0.2, 0.25) is 0 Å². The molecule has 10 nitrogen and oxygen atoms in total. The summed E-state index contributed by atoms with van der Waals surface area (Å²) >= 11 is 0. The topological polar surface area (TPSA) is 131 Å². The van der Waals surface area contributed by atoms with E-state index in [1.54, 1.807) is 0 Å². The Hall–Kier alpha value is -2.59. The second-order valence-electron chi connectivity index (χ2n) is 4.90. The minimum absolute atomic E-state index is 0.0260. The van der Waals surface area contributed by atoms with Gasteiger partial charge in [0.2, 0.25) is 11.8 Å². The summed E-state index contributed by atoms with van der Waals surface area (Å²) in [5, 5.41) is 4.92. The molecule has 0 saturated carbocycles. The van der Waals surface area contributed by atoms with Crippen LogP contribution in [0.25, 0.3) is 0 Å². The van der Waals surface area contributed by atoms with Crippen LogP contribution in [0.4, 0.5) is 0 Å². The highest BCUT2D eigenvalue weighted by atomic mass is 16.5. The number of carbonyl (C=O) groups is 5. The number of rotatable bonds is 13. The van der Waals surface area contributed by atoms with Crippen molar-refractivity contribution in [3.8, 4) is 0 Å². The lowest BCUT2D eigenvalue weighted by Crippen LogP contribution is -2.35. The van der Waals surface area contributed by atoms with Gasteiger partial charge in [-0.15, -0.1) is 0 Å². The standard InChI is InChI=1S/C15H21N3O7/c19-7-4-16-13(21)11-25-10-9-24-8-5-17-12(20)3-6-18-14(22)1-2-15(18)23/h1-2,7H,3-6,8-11H2,(H,16,21)(H,17,20). The molecule has 0 spiro atoms. The van der Waals surface area contributed by atoms with Crippen molar-refractivity contribution in [3.63, 3.8) is 0 Å². The highest BCUT2D eigenvalue weighted by Gasteiger charge is 2.23. The molecule has 1 aliphatic rings. The molecule has 0 aromatic heterocycles. The van der Waals surface area contributed by atoms with Crippen LogP contribution in [0.5, 0.6) is 0 Å². The highest BCUT2D eigenvalue weighted by molar-refractivity contribution is 6.13. The fraction of sp³-hybridized carbons (Fsp3) is 0.533. The van der Waals surface area contributed by atoms with Gasteiger partial charge in [-0.3, -0.25) is 24.1 Å². The Morgan fingerprint density at radius 1 is 1.00 bits per heavy atom. The van der Waals surface area contributed by atoms with Crippen molar-refractivity contribution >= 4 is 29.9 Å². The summed E-state index contributed by atoms with van der Waals surface area (Å²) in [5.41, 5.74) is 0. The Balaban J connectivity index is 1.93. The van der Waals surface area contributed by atoms with Gasteiger partial charge in [0.1, 0.15) is 12.9 Å². The van der Waals surface area contributed by atoms with E-state index in [2.05, 4.69) is 10.6 Å². The second-order valence-corrected chi connectivity index (χ2v) is 4.90.